The second-order valence-electron chi connectivity index (χ2n) is 5.80. The molecule has 1 saturated carbocycles. The molecule has 1 atom stereocenters. The lowest BCUT2D eigenvalue weighted by molar-refractivity contribution is -0.124. The van der Waals surface area contributed by atoms with Gasteiger partial charge >= 0.3 is 0 Å². The number of nitrogens with zero attached hydrogens (tertiary/aromatic N) is 4. The quantitative estimate of drug-likeness (QED) is 0.878. The van der Waals surface area contributed by atoms with Gasteiger partial charge in [0, 0.05) is 6.04 Å². The summed E-state index contributed by atoms with van der Waals surface area (Å²) in [4.78, 5) is 12.8. The monoisotopic (exact) mass is 299 g/mol. The lowest BCUT2D eigenvalue weighted by Gasteiger charge is -2.21. The van der Waals surface area contributed by atoms with Crippen molar-refractivity contribution in [3.05, 3.63) is 42.2 Å². The molecule has 1 amide bonds. The third kappa shape index (κ3) is 3.50. The molecule has 0 bridgehead atoms. The zero-order valence-corrected chi connectivity index (χ0v) is 12.6. The van der Waals surface area contributed by atoms with Crippen LogP contribution in [0.5, 0.6) is 0 Å². The van der Waals surface area contributed by atoms with Crippen molar-refractivity contribution in [3.63, 3.8) is 0 Å². The zero-order chi connectivity index (χ0) is 15.2. The van der Waals surface area contributed by atoms with E-state index in [-0.39, 0.29) is 11.9 Å². The summed E-state index contributed by atoms with van der Waals surface area (Å²) in [5.41, 5.74) is 0.890. The summed E-state index contributed by atoms with van der Waals surface area (Å²) in [6, 6.07) is 9.38. The van der Waals surface area contributed by atoms with E-state index in [0.717, 1.165) is 18.4 Å². The van der Waals surface area contributed by atoms with Crippen LogP contribution >= 0.6 is 0 Å². The molecule has 1 aromatic heterocycles. The molecular weight excluding hydrogens is 278 g/mol. The highest BCUT2D eigenvalue weighted by Crippen LogP contribution is 2.20. The Balaban J connectivity index is 1.78. The smallest absolute Gasteiger partial charge is 0.249 e. The maximum absolute atomic E-state index is 12.8. The Bertz CT molecular complexity index is 576. The molecule has 6 heteroatoms. The van der Waals surface area contributed by atoms with E-state index in [1.54, 1.807) is 0 Å². The Kier molecular flexibility index (Phi) is 4.78. The van der Waals surface area contributed by atoms with Crippen LogP contribution in [0.1, 0.15) is 50.1 Å². The molecule has 1 aliphatic carbocycles. The fourth-order valence-corrected chi connectivity index (χ4v) is 3.05. The second-order valence-corrected chi connectivity index (χ2v) is 5.80. The van der Waals surface area contributed by atoms with Gasteiger partial charge in [-0.1, -0.05) is 56.0 Å². The topological polar surface area (TPSA) is 72.7 Å². The van der Waals surface area contributed by atoms with E-state index in [2.05, 4.69) is 20.8 Å². The number of carbonyl (C=O) groups is 1. The Morgan fingerprint density at radius 1 is 1.14 bits per heavy atom. The highest BCUT2D eigenvalue weighted by Gasteiger charge is 2.26. The van der Waals surface area contributed by atoms with Crippen LogP contribution in [-0.2, 0) is 4.79 Å². The van der Waals surface area contributed by atoms with Gasteiger partial charge in [0.25, 0.3) is 0 Å². The van der Waals surface area contributed by atoms with Crippen LogP contribution in [0.15, 0.2) is 36.7 Å². The minimum Gasteiger partial charge on any atom is -0.351 e. The van der Waals surface area contributed by atoms with Crippen molar-refractivity contribution >= 4 is 5.91 Å². The van der Waals surface area contributed by atoms with Crippen molar-refractivity contribution in [3.8, 4) is 0 Å². The summed E-state index contributed by atoms with van der Waals surface area (Å²) in [6.45, 7) is 0. The molecule has 2 aromatic rings. The lowest BCUT2D eigenvalue weighted by Crippen LogP contribution is -2.40. The molecule has 0 unspecified atom stereocenters. The van der Waals surface area contributed by atoms with Gasteiger partial charge in [0.1, 0.15) is 6.33 Å². The van der Waals surface area contributed by atoms with Crippen molar-refractivity contribution in [1.29, 1.82) is 0 Å². The SMILES string of the molecule is O=C(NC1CCCCCC1)[C@H](c1ccccc1)n1cnnn1. The van der Waals surface area contributed by atoms with Gasteiger partial charge in [-0.15, -0.1) is 5.10 Å². The number of benzene rings is 1. The van der Waals surface area contributed by atoms with E-state index in [1.165, 1.54) is 36.7 Å². The molecule has 116 valence electrons. The van der Waals surface area contributed by atoms with Gasteiger partial charge in [0.05, 0.1) is 0 Å². The van der Waals surface area contributed by atoms with Gasteiger partial charge in [0.15, 0.2) is 6.04 Å². The number of hydrogen-bond donors (Lipinski definition) is 1. The minimum atomic E-state index is -0.514. The third-order valence-corrected chi connectivity index (χ3v) is 4.19. The first kappa shape index (κ1) is 14.7. The normalized spacial score (nSPS) is 17.6. The van der Waals surface area contributed by atoms with Crippen molar-refractivity contribution in [2.45, 2.75) is 50.6 Å². The van der Waals surface area contributed by atoms with Gasteiger partial charge in [-0.3, -0.25) is 4.79 Å². The number of amides is 1. The predicted octanol–water partition coefficient (Wildman–Crippen LogP) is 2.10. The second kappa shape index (κ2) is 7.15. The van der Waals surface area contributed by atoms with E-state index < -0.39 is 6.04 Å². The third-order valence-electron chi connectivity index (χ3n) is 4.19. The first-order valence-corrected chi connectivity index (χ1v) is 7.92. The Hall–Kier alpha value is -2.24. The van der Waals surface area contributed by atoms with Crippen LogP contribution < -0.4 is 5.32 Å². The van der Waals surface area contributed by atoms with Crippen LogP contribution in [-0.4, -0.2) is 32.2 Å². The molecule has 3 rings (SSSR count). The molecule has 1 heterocycles. The summed E-state index contributed by atoms with van der Waals surface area (Å²) in [5.74, 6) is -0.0367. The van der Waals surface area contributed by atoms with E-state index >= 15 is 0 Å². The predicted molar refractivity (Wildman–Crippen MR) is 82.0 cm³/mol. The van der Waals surface area contributed by atoms with Gasteiger partial charge in [-0.2, -0.15) is 0 Å². The first-order valence-electron chi connectivity index (χ1n) is 7.92. The number of nitrogens with one attached hydrogen (secondary N) is 1. The van der Waals surface area contributed by atoms with Crippen LogP contribution in [0.4, 0.5) is 0 Å². The Morgan fingerprint density at radius 3 is 2.50 bits per heavy atom. The minimum absolute atomic E-state index is 0.0367. The van der Waals surface area contributed by atoms with Gasteiger partial charge < -0.3 is 5.32 Å². The highest BCUT2D eigenvalue weighted by molar-refractivity contribution is 5.83. The summed E-state index contributed by atoms with van der Waals surface area (Å²) in [6.07, 6.45) is 8.51. The maximum atomic E-state index is 12.8. The van der Waals surface area contributed by atoms with Crippen LogP contribution in [0, 0.1) is 0 Å². The molecule has 0 saturated heterocycles. The van der Waals surface area contributed by atoms with E-state index in [1.807, 2.05) is 30.3 Å². The number of aromatic nitrogens is 4. The summed E-state index contributed by atoms with van der Waals surface area (Å²) >= 11 is 0. The fourth-order valence-electron chi connectivity index (χ4n) is 3.05. The molecule has 0 radical (unpaired) electrons. The van der Waals surface area contributed by atoms with Crippen molar-refractivity contribution in [2.75, 3.05) is 0 Å². The average molecular weight is 299 g/mol. The van der Waals surface area contributed by atoms with Crippen molar-refractivity contribution in [2.24, 2.45) is 0 Å². The molecule has 1 aliphatic rings. The van der Waals surface area contributed by atoms with Gasteiger partial charge in [-0.25, -0.2) is 4.68 Å². The summed E-state index contributed by atoms with van der Waals surface area (Å²) in [7, 11) is 0. The average Bonchev–Trinajstić information content (AvgIpc) is 2.93. The molecule has 22 heavy (non-hydrogen) atoms. The molecule has 0 aliphatic heterocycles. The van der Waals surface area contributed by atoms with E-state index in [4.69, 9.17) is 0 Å². The molecule has 0 spiro atoms. The van der Waals surface area contributed by atoms with Gasteiger partial charge in [-0.05, 0) is 28.8 Å². The van der Waals surface area contributed by atoms with Crippen LogP contribution in [0.25, 0.3) is 0 Å². The Morgan fingerprint density at radius 2 is 1.86 bits per heavy atom. The molecule has 1 fully saturated rings. The van der Waals surface area contributed by atoms with Crippen LogP contribution in [0.3, 0.4) is 0 Å². The fraction of sp³-hybridized carbons (Fsp3) is 0.500. The number of rotatable bonds is 4. The largest absolute Gasteiger partial charge is 0.351 e. The van der Waals surface area contributed by atoms with Gasteiger partial charge in [0.2, 0.25) is 5.91 Å². The Labute approximate surface area is 129 Å². The van der Waals surface area contributed by atoms with Crippen molar-refractivity contribution < 1.29 is 4.79 Å². The highest BCUT2D eigenvalue weighted by atomic mass is 16.2. The summed E-state index contributed by atoms with van der Waals surface area (Å²) < 4.78 is 1.52. The molecule has 1 N–H and O–H groups in total. The summed E-state index contributed by atoms with van der Waals surface area (Å²) in [5, 5.41) is 14.4. The number of hydrogen-bond acceptors (Lipinski definition) is 4. The van der Waals surface area contributed by atoms with Crippen LogP contribution in [0.2, 0.25) is 0 Å². The number of carbonyl (C=O) groups excluding carboxylic acids is 1. The standard InChI is InChI=1S/C16H21N5O/c22-16(18-14-10-6-1-2-7-11-14)15(21-12-17-19-20-21)13-8-4-3-5-9-13/h3-5,8-9,12,14-15H,1-2,6-7,10-11H2,(H,18,22)/t15-/m0/s1. The lowest BCUT2D eigenvalue weighted by atomic mass is 10.0. The molecule has 6 nitrogen and oxygen atoms in total. The first-order chi connectivity index (χ1) is 10.8. The van der Waals surface area contributed by atoms with Crippen molar-refractivity contribution in [1.82, 2.24) is 25.5 Å². The maximum Gasteiger partial charge on any atom is 0.249 e. The van der Waals surface area contributed by atoms with E-state index in [0.29, 0.717) is 0 Å². The molecule has 1 aromatic carbocycles. The zero-order valence-electron chi connectivity index (χ0n) is 12.6. The van der Waals surface area contributed by atoms with E-state index in [9.17, 15) is 4.79 Å². The number of tetrazole rings is 1. The molecular formula is C16H21N5O.